The molecule has 1 aliphatic rings. The lowest BCUT2D eigenvalue weighted by atomic mass is 9.80. The Kier molecular flexibility index (Phi) is 3.78. The van der Waals surface area contributed by atoms with Crippen molar-refractivity contribution < 1.29 is 19.4 Å². The molecule has 5 nitrogen and oxygen atoms in total. The normalized spacial score (nSPS) is 21.4. The molecule has 2 rings (SSSR count). The number of carbonyl (C=O) groups is 1. The van der Waals surface area contributed by atoms with E-state index < -0.39 is 6.09 Å². The monoisotopic (exact) mass is 293 g/mol. The van der Waals surface area contributed by atoms with Gasteiger partial charge in [0.25, 0.3) is 0 Å². The van der Waals surface area contributed by atoms with E-state index in [2.05, 4.69) is 5.32 Å². The zero-order chi connectivity index (χ0) is 15.8. The third kappa shape index (κ3) is 3.60. The van der Waals surface area contributed by atoms with E-state index in [4.69, 9.17) is 9.47 Å². The molecule has 116 valence electrons. The fourth-order valence-electron chi connectivity index (χ4n) is 2.37. The van der Waals surface area contributed by atoms with Crippen LogP contribution in [-0.2, 0) is 4.74 Å². The van der Waals surface area contributed by atoms with Crippen LogP contribution in [0, 0.1) is 5.41 Å². The summed E-state index contributed by atoms with van der Waals surface area (Å²) in [6.07, 6.45) is -0.471. The molecule has 1 atom stereocenters. The molecule has 0 bridgehead atoms. The number of amides is 1. The first-order valence-corrected chi connectivity index (χ1v) is 7.04. The topological polar surface area (TPSA) is 67.8 Å². The molecule has 0 saturated carbocycles. The van der Waals surface area contributed by atoms with E-state index in [1.54, 1.807) is 18.2 Å². The Morgan fingerprint density at radius 3 is 2.67 bits per heavy atom. The first-order chi connectivity index (χ1) is 9.58. The van der Waals surface area contributed by atoms with Gasteiger partial charge in [-0.25, -0.2) is 4.79 Å². The SMILES string of the molecule is CC(C)(C)Oc1ccc(O)c([C@H]2NC(=O)OCC2(C)C)c1. The number of ether oxygens (including phenoxy) is 2. The molecule has 0 aromatic heterocycles. The summed E-state index contributed by atoms with van der Waals surface area (Å²) in [6.45, 7) is 10.1. The van der Waals surface area contributed by atoms with Crippen LogP contribution in [0.3, 0.4) is 0 Å². The van der Waals surface area contributed by atoms with Crippen LogP contribution in [0.1, 0.15) is 46.2 Å². The highest BCUT2D eigenvalue weighted by Crippen LogP contribution is 2.41. The predicted molar refractivity (Wildman–Crippen MR) is 79.5 cm³/mol. The van der Waals surface area contributed by atoms with Gasteiger partial charge in [0.15, 0.2) is 0 Å². The van der Waals surface area contributed by atoms with Crippen molar-refractivity contribution in [3.63, 3.8) is 0 Å². The van der Waals surface area contributed by atoms with Crippen LogP contribution in [-0.4, -0.2) is 23.4 Å². The molecule has 1 heterocycles. The Bertz CT molecular complexity index is 546. The summed E-state index contributed by atoms with van der Waals surface area (Å²) in [7, 11) is 0. The molecule has 2 N–H and O–H groups in total. The lowest BCUT2D eigenvalue weighted by Crippen LogP contribution is -2.46. The Hall–Kier alpha value is -1.91. The summed E-state index contributed by atoms with van der Waals surface area (Å²) in [4.78, 5) is 11.5. The molecular formula is C16H23NO4. The van der Waals surface area contributed by atoms with Crippen molar-refractivity contribution in [2.45, 2.75) is 46.3 Å². The number of cyclic esters (lactones) is 1. The summed E-state index contributed by atoms with van der Waals surface area (Å²) >= 11 is 0. The van der Waals surface area contributed by atoms with Crippen molar-refractivity contribution >= 4 is 6.09 Å². The Morgan fingerprint density at radius 1 is 1.38 bits per heavy atom. The Balaban J connectivity index is 2.37. The first kappa shape index (κ1) is 15.5. The minimum absolute atomic E-state index is 0.136. The molecule has 0 radical (unpaired) electrons. The van der Waals surface area contributed by atoms with Crippen molar-refractivity contribution in [3.05, 3.63) is 23.8 Å². The number of carbonyl (C=O) groups excluding carboxylic acids is 1. The van der Waals surface area contributed by atoms with Gasteiger partial charge in [0.05, 0.1) is 6.04 Å². The van der Waals surface area contributed by atoms with E-state index in [1.807, 2.05) is 34.6 Å². The van der Waals surface area contributed by atoms with E-state index in [9.17, 15) is 9.90 Å². The highest BCUT2D eigenvalue weighted by atomic mass is 16.6. The summed E-state index contributed by atoms with van der Waals surface area (Å²) in [5, 5.41) is 12.9. The number of phenols is 1. The van der Waals surface area contributed by atoms with Gasteiger partial charge in [0.1, 0.15) is 23.7 Å². The summed E-state index contributed by atoms with van der Waals surface area (Å²) in [5.74, 6) is 0.795. The van der Waals surface area contributed by atoms with Crippen LogP contribution in [0.25, 0.3) is 0 Å². The van der Waals surface area contributed by atoms with Gasteiger partial charge in [-0.1, -0.05) is 13.8 Å². The van der Waals surface area contributed by atoms with E-state index in [-0.39, 0.29) is 22.8 Å². The van der Waals surface area contributed by atoms with Gasteiger partial charge in [-0.3, -0.25) is 0 Å². The average molecular weight is 293 g/mol. The Morgan fingerprint density at radius 2 is 2.05 bits per heavy atom. The van der Waals surface area contributed by atoms with Gasteiger partial charge >= 0.3 is 6.09 Å². The van der Waals surface area contributed by atoms with Crippen molar-refractivity contribution in [1.29, 1.82) is 0 Å². The van der Waals surface area contributed by atoms with Gasteiger partial charge in [-0.15, -0.1) is 0 Å². The third-order valence-corrected chi connectivity index (χ3v) is 3.35. The second-order valence-corrected chi connectivity index (χ2v) is 7.08. The second-order valence-electron chi connectivity index (χ2n) is 7.08. The molecule has 5 heteroatoms. The molecular weight excluding hydrogens is 270 g/mol. The number of hydrogen-bond donors (Lipinski definition) is 2. The van der Waals surface area contributed by atoms with Gasteiger partial charge in [0.2, 0.25) is 0 Å². The lowest BCUT2D eigenvalue weighted by Gasteiger charge is -2.38. The number of rotatable bonds is 2. The lowest BCUT2D eigenvalue weighted by molar-refractivity contribution is 0.0379. The number of nitrogens with one attached hydrogen (secondary N) is 1. The third-order valence-electron chi connectivity index (χ3n) is 3.35. The largest absolute Gasteiger partial charge is 0.508 e. The minimum atomic E-state index is -0.471. The number of alkyl carbamates (subject to hydrolysis) is 1. The van der Waals surface area contributed by atoms with E-state index in [0.29, 0.717) is 17.9 Å². The Labute approximate surface area is 125 Å². The van der Waals surface area contributed by atoms with Crippen LogP contribution < -0.4 is 10.1 Å². The van der Waals surface area contributed by atoms with E-state index in [1.165, 1.54) is 0 Å². The summed E-state index contributed by atoms with van der Waals surface area (Å²) in [6, 6.07) is 4.76. The fourth-order valence-corrected chi connectivity index (χ4v) is 2.37. The standard InChI is InChI=1S/C16H23NO4/c1-15(2,3)21-10-6-7-12(18)11(8-10)13-16(4,5)9-20-14(19)17-13/h6-8,13,18H,9H2,1-5H3,(H,17,19)/t13-/m1/s1. The van der Waals surface area contributed by atoms with E-state index >= 15 is 0 Å². The van der Waals surface area contributed by atoms with Gasteiger partial charge < -0.3 is 19.9 Å². The van der Waals surface area contributed by atoms with Crippen LogP contribution in [0.4, 0.5) is 4.79 Å². The maximum Gasteiger partial charge on any atom is 0.407 e. The zero-order valence-corrected chi connectivity index (χ0v) is 13.2. The van der Waals surface area contributed by atoms with E-state index in [0.717, 1.165) is 0 Å². The van der Waals surface area contributed by atoms with Crippen LogP contribution in [0.2, 0.25) is 0 Å². The van der Waals surface area contributed by atoms with Gasteiger partial charge in [-0.2, -0.15) is 0 Å². The van der Waals surface area contributed by atoms with Crippen LogP contribution >= 0.6 is 0 Å². The molecule has 1 fully saturated rings. The molecule has 1 saturated heterocycles. The smallest absolute Gasteiger partial charge is 0.407 e. The second kappa shape index (κ2) is 5.13. The number of hydrogen-bond acceptors (Lipinski definition) is 4. The van der Waals surface area contributed by atoms with Crippen molar-refractivity contribution in [2.75, 3.05) is 6.61 Å². The first-order valence-electron chi connectivity index (χ1n) is 7.04. The highest BCUT2D eigenvalue weighted by molar-refractivity contribution is 5.69. The average Bonchev–Trinajstić information content (AvgIpc) is 2.33. The maximum absolute atomic E-state index is 11.5. The molecule has 0 spiro atoms. The number of benzene rings is 1. The molecule has 0 aliphatic carbocycles. The summed E-state index contributed by atoms with van der Waals surface area (Å²) < 4.78 is 10.9. The molecule has 1 amide bonds. The maximum atomic E-state index is 11.5. The number of phenolic OH excluding ortho intramolecular Hbond substituents is 1. The minimum Gasteiger partial charge on any atom is -0.508 e. The zero-order valence-electron chi connectivity index (χ0n) is 13.2. The van der Waals surface area contributed by atoms with Crippen molar-refractivity contribution in [3.8, 4) is 11.5 Å². The molecule has 1 aromatic carbocycles. The molecule has 1 aromatic rings. The van der Waals surface area contributed by atoms with Gasteiger partial charge in [-0.05, 0) is 39.0 Å². The quantitative estimate of drug-likeness (QED) is 0.877. The fraction of sp³-hybridized carbons (Fsp3) is 0.562. The highest BCUT2D eigenvalue weighted by Gasteiger charge is 2.39. The van der Waals surface area contributed by atoms with Crippen molar-refractivity contribution in [2.24, 2.45) is 5.41 Å². The molecule has 21 heavy (non-hydrogen) atoms. The predicted octanol–water partition coefficient (Wildman–Crippen LogP) is 3.38. The van der Waals surface area contributed by atoms with Crippen LogP contribution in [0.15, 0.2) is 18.2 Å². The number of aromatic hydroxyl groups is 1. The van der Waals surface area contributed by atoms with Crippen LogP contribution in [0.5, 0.6) is 11.5 Å². The van der Waals surface area contributed by atoms with Gasteiger partial charge in [0, 0.05) is 11.0 Å². The summed E-state index contributed by atoms with van der Waals surface area (Å²) in [5.41, 5.74) is -0.0209. The molecule has 1 aliphatic heterocycles. The van der Waals surface area contributed by atoms with Crippen molar-refractivity contribution in [1.82, 2.24) is 5.32 Å². The molecule has 0 unspecified atom stereocenters.